The Morgan fingerprint density at radius 2 is 2.31 bits per heavy atom. The van der Waals surface area contributed by atoms with E-state index in [1.54, 1.807) is 0 Å². The van der Waals surface area contributed by atoms with Crippen LogP contribution in [0.1, 0.15) is 17.7 Å². The van der Waals surface area contributed by atoms with Crippen molar-refractivity contribution in [1.82, 2.24) is 4.98 Å². The van der Waals surface area contributed by atoms with E-state index in [1.807, 2.05) is 0 Å². The van der Waals surface area contributed by atoms with Gasteiger partial charge in [-0.2, -0.15) is 0 Å². The summed E-state index contributed by atoms with van der Waals surface area (Å²) in [5.41, 5.74) is -0.401. The van der Waals surface area contributed by atoms with Gasteiger partial charge in [0.1, 0.15) is 0 Å². The molecule has 0 aliphatic carbocycles. The van der Waals surface area contributed by atoms with Gasteiger partial charge in [-0.15, -0.1) is 0 Å². The molecule has 7 heteroatoms. The first-order valence-electron chi connectivity index (χ1n) is 4.18. The number of carboxylic acid groups (broad SMARTS) is 1. The summed E-state index contributed by atoms with van der Waals surface area (Å²) in [4.78, 5) is 14.3. The standard InChI is InChI=1S/C9H8BrF2NO3/c1-16-8-5(2-6(14)15)13-3-4(10)7(8)9(11)12/h3,9H,2H2,1H3,(H,14,15). The molecule has 16 heavy (non-hydrogen) atoms. The average molecular weight is 296 g/mol. The van der Waals surface area contributed by atoms with Crippen molar-refractivity contribution < 1.29 is 23.4 Å². The summed E-state index contributed by atoms with van der Waals surface area (Å²) in [6, 6.07) is 0. The summed E-state index contributed by atoms with van der Waals surface area (Å²) in [6.07, 6.45) is -2.08. The molecular weight excluding hydrogens is 288 g/mol. The van der Waals surface area contributed by atoms with E-state index >= 15 is 0 Å². The molecule has 1 N–H and O–H groups in total. The Kier molecular flexibility index (Phi) is 4.17. The number of carbonyl (C=O) groups is 1. The molecule has 0 saturated carbocycles. The molecule has 0 saturated heterocycles. The number of carboxylic acids is 1. The Morgan fingerprint density at radius 1 is 1.69 bits per heavy atom. The molecule has 0 aromatic carbocycles. The van der Waals surface area contributed by atoms with Gasteiger partial charge in [-0.3, -0.25) is 9.78 Å². The lowest BCUT2D eigenvalue weighted by atomic mass is 10.1. The number of alkyl halides is 2. The minimum absolute atomic E-state index is 0.0199. The number of methoxy groups -OCH3 is 1. The third-order valence-corrected chi connectivity index (χ3v) is 2.47. The highest BCUT2D eigenvalue weighted by Crippen LogP contribution is 2.36. The van der Waals surface area contributed by atoms with Crippen molar-refractivity contribution in [2.75, 3.05) is 7.11 Å². The van der Waals surface area contributed by atoms with Gasteiger partial charge < -0.3 is 9.84 Å². The van der Waals surface area contributed by atoms with Crippen molar-refractivity contribution >= 4 is 21.9 Å². The molecule has 0 aliphatic rings. The molecule has 1 aromatic heterocycles. The number of halogens is 3. The maximum Gasteiger partial charge on any atom is 0.309 e. The van der Waals surface area contributed by atoms with Gasteiger partial charge in [0.15, 0.2) is 5.75 Å². The smallest absolute Gasteiger partial charge is 0.309 e. The number of aliphatic carboxylic acids is 1. The SMILES string of the molecule is COc1c(CC(=O)O)ncc(Br)c1C(F)F. The number of hydrogen-bond acceptors (Lipinski definition) is 3. The third kappa shape index (κ3) is 2.66. The Labute approximate surface area is 98.4 Å². The molecule has 1 heterocycles. The zero-order chi connectivity index (χ0) is 12.3. The highest BCUT2D eigenvalue weighted by Gasteiger charge is 2.22. The van der Waals surface area contributed by atoms with Crippen LogP contribution in [0.5, 0.6) is 5.75 Å². The molecule has 1 rings (SSSR count). The van der Waals surface area contributed by atoms with Crippen molar-refractivity contribution in [2.24, 2.45) is 0 Å². The molecule has 0 bridgehead atoms. The van der Waals surface area contributed by atoms with E-state index in [9.17, 15) is 13.6 Å². The van der Waals surface area contributed by atoms with Crippen LogP contribution in [0, 0.1) is 0 Å². The fourth-order valence-corrected chi connectivity index (χ4v) is 1.68. The number of hydrogen-bond donors (Lipinski definition) is 1. The summed E-state index contributed by atoms with van der Waals surface area (Å²) >= 11 is 2.92. The lowest BCUT2D eigenvalue weighted by Crippen LogP contribution is -2.07. The van der Waals surface area contributed by atoms with E-state index in [0.717, 1.165) is 6.20 Å². The minimum atomic E-state index is -2.76. The van der Waals surface area contributed by atoms with Gasteiger partial charge in [0.2, 0.25) is 0 Å². The number of pyridine rings is 1. The molecule has 88 valence electrons. The zero-order valence-electron chi connectivity index (χ0n) is 8.21. The summed E-state index contributed by atoms with van der Waals surface area (Å²) in [6.45, 7) is 0. The van der Waals surface area contributed by atoms with Crippen LogP contribution in [-0.4, -0.2) is 23.2 Å². The van der Waals surface area contributed by atoms with Crippen LogP contribution in [0.2, 0.25) is 0 Å². The number of nitrogens with zero attached hydrogens (tertiary/aromatic N) is 1. The first-order chi connectivity index (χ1) is 7.47. The number of ether oxygens (including phenoxy) is 1. The lowest BCUT2D eigenvalue weighted by Gasteiger charge is -2.12. The molecule has 0 spiro atoms. The van der Waals surface area contributed by atoms with Gasteiger partial charge >= 0.3 is 5.97 Å². The van der Waals surface area contributed by atoms with Crippen LogP contribution in [0.3, 0.4) is 0 Å². The van der Waals surface area contributed by atoms with Crippen LogP contribution >= 0.6 is 15.9 Å². The predicted molar refractivity (Wildman–Crippen MR) is 54.8 cm³/mol. The molecule has 0 radical (unpaired) electrons. The van der Waals surface area contributed by atoms with Crippen molar-refractivity contribution in [3.05, 3.63) is 21.9 Å². The van der Waals surface area contributed by atoms with E-state index in [2.05, 4.69) is 20.9 Å². The maximum atomic E-state index is 12.7. The first kappa shape index (κ1) is 12.8. The average Bonchev–Trinajstić information content (AvgIpc) is 2.18. The van der Waals surface area contributed by atoms with Crippen LogP contribution in [0.25, 0.3) is 0 Å². The van der Waals surface area contributed by atoms with E-state index < -0.39 is 18.8 Å². The Bertz CT molecular complexity index is 412. The van der Waals surface area contributed by atoms with Gasteiger partial charge in [0, 0.05) is 10.7 Å². The number of rotatable bonds is 4. The van der Waals surface area contributed by atoms with Gasteiger partial charge in [-0.05, 0) is 15.9 Å². The van der Waals surface area contributed by atoms with Crippen molar-refractivity contribution in [2.45, 2.75) is 12.8 Å². The van der Waals surface area contributed by atoms with Gasteiger partial charge in [0.25, 0.3) is 6.43 Å². The van der Waals surface area contributed by atoms with E-state index in [4.69, 9.17) is 9.84 Å². The zero-order valence-corrected chi connectivity index (χ0v) is 9.79. The van der Waals surface area contributed by atoms with Crippen molar-refractivity contribution in [3.63, 3.8) is 0 Å². The largest absolute Gasteiger partial charge is 0.494 e. The van der Waals surface area contributed by atoms with Crippen LogP contribution in [0.4, 0.5) is 8.78 Å². The van der Waals surface area contributed by atoms with Crippen LogP contribution in [-0.2, 0) is 11.2 Å². The number of aromatic nitrogens is 1. The summed E-state index contributed by atoms with van der Waals surface area (Å²) in [5, 5.41) is 8.59. The van der Waals surface area contributed by atoms with Crippen molar-refractivity contribution in [1.29, 1.82) is 0 Å². The second-order valence-electron chi connectivity index (χ2n) is 2.87. The monoisotopic (exact) mass is 295 g/mol. The highest BCUT2D eigenvalue weighted by atomic mass is 79.9. The van der Waals surface area contributed by atoms with Crippen LogP contribution < -0.4 is 4.74 Å². The second-order valence-corrected chi connectivity index (χ2v) is 3.73. The van der Waals surface area contributed by atoms with Crippen molar-refractivity contribution in [3.8, 4) is 5.75 Å². The van der Waals surface area contributed by atoms with E-state index in [0.29, 0.717) is 0 Å². The lowest BCUT2D eigenvalue weighted by molar-refractivity contribution is -0.136. The molecule has 1 aromatic rings. The molecule has 0 unspecified atom stereocenters. The van der Waals surface area contributed by atoms with Gasteiger partial charge in [0.05, 0.1) is 24.8 Å². The van der Waals surface area contributed by atoms with Gasteiger partial charge in [-0.1, -0.05) is 0 Å². The molecule has 0 fully saturated rings. The molecular formula is C9H8BrF2NO3. The molecule has 0 aliphatic heterocycles. The fourth-order valence-electron chi connectivity index (χ4n) is 1.23. The molecule has 4 nitrogen and oxygen atoms in total. The summed E-state index contributed by atoms with van der Waals surface area (Å²) < 4.78 is 30.3. The summed E-state index contributed by atoms with van der Waals surface area (Å²) in [5.74, 6) is -1.35. The van der Waals surface area contributed by atoms with Crippen LogP contribution in [0.15, 0.2) is 10.7 Å². The maximum absolute atomic E-state index is 12.7. The summed E-state index contributed by atoms with van der Waals surface area (Å²) in [7, 11) is 1.20. The first-order valence-corrected chi connectivity index (χ1v) is 4.97. The Morgan fingerprint density at radius 3 is 2.75 bits per heavy atom. The molecule has 0 atom stereocenters. The minimum Gasteiger partial charge on any atom is -0.494 e. The molecule has 0 amide bonds. The third-order valence-electron chi connectivity index (χ3n) is 1.84. The Balaban J connectivity index is 3.30. The van der Waals surface area contributed by atoms with Gasteiger partial charge in [-0.25, -0.2) is 8.78 Å². The predicted octanol–water partition coefficient (Wildman–Crippen LogP) is 2.42. The van der Waals surface area contributed by atoms with E-state index in [1.165, 1.54) is 7.11 Å². The Hall–Kier alpha value is -1.24. The quantitative estimate of drug-likeness (QED) is 0.927. The topological polar surface area (TPSA) is 59.4 Å². The van der Waals surface area contributed by atoms with E-state index in [-0.39, 0.29) is 21.5 Å². The fraction of sp³-hybridized carbons (Fsp3) is 0.333. The normalized spacial score (nSPS) is 10.6. The highest BCUT2D eigenvalue weighted by molar-refractivity contribution is 9.10. The second kappa shape index (κ2) is 5.20.